The number of methoxy groups -OCH3 is 1. The van der Waals surface area contributed by atoms with Crippen molar-refractivity contribution in [2.24, 2.45) is 0 Å². The lowest BCUT2D eigenvalue weighted by Gasteiger charge is -2.19. The van der Waals surface area contributed by atoms with Gasteiger partial charge in [-0.1, -0.05) is 36.4 Å². The lowest BCUT2D eigenvalue weighted by atomic mass is 10.2. The molecule has 1 saturated heterocycles. The average molecular weight is 390 g/mol. The maximum absolute atomic E-state index is 13.0. The summed E-state index contributed by atoms with van der Waals surface area (Å²) < 4.78 is 37.9. The molecule has 2 aromatic rings. The molecule has 0 spiro atoms. The molecule has 0 saturated carbocycles. The van der Waals surface area contributed by atoms with Crippen LogP contribution in [0.1, 0.15) is 5.56 Å². The molecule has 0 aromatic heterocycles. The second kappa shape index (κ2) is 7.97. The number of benzene rings is 2. The SMILES string of the molecule is COC1CN(S(=O)(=O)c2ccc([N+](=O)[O-])cc2)C(/C=C\c2ccccc2)O1. The highest BCUT2D eigenvalue weighted by Gasteiger charge is 2.40. The van der Waals surface area contributed by atoms with Crippen molar-refractivity contribution in [3.05, 3.63) is 76.4 Å². The fourth-order valence-electron chi connectivity index (χ4n) is 2.66. The van der Waals surface area contributed by atoms with Crippen LogP contribution >= 0.6 is 0 Å². The van der Waals surface area contributed by atoms with E-state index in [9.17, 15) is 18.5 Å². The van der Waals surface area contributed by atoms with Crippen molar-refractivity contribution < 1.29 is 22.8 Å². The minimum atomic E-state index is -3.92. The normalized spacial score (nSPS) is 20.9. The Balaban J connectivity index is 1.88. The molecular weight excluding hydrogens is 372 g/mol. The molecule has 2 aromatic carbocycles. The summed E-state index contributed by atoms with van der Waals surface area (Å²) in [6, 6.07) is 14.1. The van der Waals surface area contributed by atoms with Gasteiger partial charge in [-0.15, -0.1) is 0 Å². The summed E-state index contributed by atoms with van der Waals surface area (Å²) in [7, 11) is -2.49. The summed E-state index contributed by atoms with van der Waals surface area (Å²) in [4.78, 5) is 10.1. The molecule has 8 nitrogen and oxygen atoms in total. The zero-order valence-electron chi connectivity index (χ0n) is 14.5. The summed E-state index contributed by atoms with van der Waals surface area (Å²) >= 11 is 0. The standard InChI is InChI=1S/C18H18N2O6S/c1-25-18-13-19(17(26-18)12-7-14-5-3-2-4-6-14)27(23,24)16-10-8-15(9-11-16)20(21)22/h2-12,17-18H,13H2,1H3/b12-7-. The second-order valence-corrected chi connectivity index (χ2v) is 7.68. The molecule has 2 atom stereocenters. The van der Waals surface area contributed by atoms with Crippen LogP contribution < -0.4 is 0 Å². The van der Waals surface area contributed by atoms with Gasteiger partial charge in [0.15, 0.2) is 6.29 Å². The predicted molar refractivity (Wildman–Crippen MR) is 98.1 cm³/mol. The molecule has 1 aliphatic rings. The van der Waals surface area contributed by atoms with Crippen LogP contribution in [-0.4, -0.2) is 43.8 Å². The zero-order valence-corrected chi connectivity index (χ0v) is 15.3. The Hall–Kier alpha value is -2.59. The van der Waals surface area contributed by atoms with Gasteiger partial charge in [0.25, 0.3) is 5.69 Å². The second-order valence-electron chi connectivity index (χ2n) is 5.79. The smallest absolute Gasteiger partial charge is 0.269 e. The average Bonchev–Trinajstić information content (AvgIpc) is 3.11. The minimum Gasteiger partial charge on any atom is -0.354 e. The van der Waals surface area contributed by atoms with Crippen molar-refractivity contribution in [1.29, 1.82) is 0 Å². The van der Waals surface area contributed by atoms with E-state index in [2.05, 4.69) is 0 Å². The number of non-ortho nitro benzene ring substituents is 1. The van der Waals surface area contributed by atoms with E-state index >= 15 is 0 Å². The molecule has 27 heavy (non-hydrogen) atoms. The largest absolute Gasteiger partial charge is 0.354 e. The summed E-state index contributed by atoms with van der Waals surface area (Å²) in [5.41, 5.74) is 0.719. The van der Waals surface area contributed by atoms with Crippen LogP contribution in [0.3, 0.4) is 0 Å². The van der Waals surface area contributed by atoms with Gasteiger partial charge >= 0.3 is 0 Å². The van der Waals surface area contributed by atoms with E-state index < -0.39 is 27.5 Å². The van der Waals surface area contributed by atoms with Gasteiger partial charge < -0.3 is 9.47 Å². The number of ether oxygens (including phenoxy) is 2. The lowest BCUT2D eigenvalue weighted by molar-refractivity contribution is -0.384. The maximum Gasteiger partial charge on any atom is 0.269 e. The third kappa shape index (κ3) is 4.22. The van der Waals surface area contributed by atoms with Crippen LogP contribution in [-0.2, 0) is 19.5 Å². The van der Waals surface area contributed by atoms with Crippen LogP contribution in [0, 0.1) is 10.1 Å². The van der Waals surface area contributed by atoms with Gasteiger partial charge in [0.1, 0.15) is 6.23 Å². The van der Waals surface area contributed by atoms with Gasteiger partial charge in [0, 0.05) is 19.2 Å². The quantitative estimate of drug-likeness (QED) is 0.555. The van der Waals surface area contributed by atoms with E-state index in [1.807, 2.05) is 30.3 Å². The Kier molecular flexibility index (Phi) is 5.66. The zero-order chi connectivity index (χ0) is 19.4. The summed E-state index contributed by atoms with van der Waals surface area (Å²) in [5.74, 6) is 0. The lowest BCUT2D eigenvalue weighted by Crippen LogP contribution is -2.35. The molecule has 9 heteroatoms. The topological polar surface area (TPSA) is 99.0 Å². The van der Waals surface area contributed by atoms with Crippen LogP contribution in [0.25, 0.3) is 6.08 Å². The van der Waals surface area contributed by atoms with Gasteiger partial charge in [0.05, 0.1) is 16.4 Å². The number of hydrogen-bond acceptors (Lipinski definition) is 6. The Labute approximate surface area is 156 Å². The van der Waals surface area contributed by atoms with Crippen LogP contribution in [0.15, 0.2) is 65.6 Å². The van der Waals surface area contributed by atoms with E-state index in [1.54, 1.807) is 12.2 Å². The number of sulfonamides is 1. The van der Waals surface area contributed by atoms with Crippen molar-refractivity contribution in [1.82, 2.24) is 4.31 Å². The monoisotopic (exact) mass is 390 g/mol. The highest BCUT2D eigenvalue weighted by Crippen LogP contribution is 2.27. The number of rotatable bonds is 6. The Morgan fingerprint density at radius 2 is 1.85 bits per heavy atom. The van der Waals surface area contributed by atoms with E-state index in [0.717, 1.165) is 17.7 Å². The first-order chi connectivity index (χ1) is 12.9. The Morgan fingerprint density at radius 1 is 1.19 bits per heavy atom. The van der Waals surface area contributed by atoms with E-state index in [1.165, 1.54) is 23.5 Å². The van der Waals surface area contributed by atoms with Crippen LogP contribution in [0.5, 0.6) is 0 Å². The van der Waals surface area contributed by atoms with Gasteiger partial charge in [-0.05, 0) is 23.8 Å². The molecule has 3 rings (SSSR count). The summed E-state index contributed by atoms with van der Waals surface area (Å²) in [5, 5.41) is 10.8. The first-order valence-corrected chi connectivity index (χ1v) is 9.53. The fraction of sp³-hybridized carbons (Fsp3) is 0.222. The number of nitrogens with zero attached hydrogens (tertiary/aromatic N) is 2. The Bertz CT molecular complexity index is 928. The fourth-order valence-corrected chi connectivity index (χ4v) is 4.12. The molecule has 1 fully saturated rings. The van der Waals surface area contributed by atoms with E-state index in [4.69, 9.17) is 9.47 Å². The predicted octanol–water partition coefficient (Wildman–Crippen LogP) is 2.63. The van der Waals surface area contributed by atoms with Crippen molar-refractivity contribution in [3.8, 4) is 0 Å². The molecule has 0 bridgehead atoms. The van der Waals surface area contributed by atoms with Crippen molar-refractivity contribution in [3.63, 3.8) is 0 Å². The third-order valence-electron chi connectivity index (χ3n) is 4.07. The maximum atomic E-state index is 13.0. The summed E-state index contributed by atoms with van der Waals surface area (Å²) in [6.07, 6.45) is 1.84. The summed E-state index contributed by atoms with van der Waals surface area (Å²) in [6.45, 7) is 0.0135. The number of nitro groups is 1. The molecule has 0 radical (unpaired) electrons. The molecule has 1 aliphatic heterocycles. The van der Waals surface area contributed by atoms with Gasteiger partial charge in [-0.3, -0.25) is 10.1 Å². The van der Waals surface area contributed by atoms with Gasteiger partial charge in [-0.2, -0.15) is 4.31 Å². The first-order valence-electron chi connectivity index (χ1n) is 8.09. The third-order valence-corrected chi connectivity index (χ3v) is 5.92. The first kappa shape index (κ1) is 19.2. The minimum absolute atomic E-state index is 0.0135. The number of hydrogen-bond donors (Lipinski definition) is 0. The van der Waals surface area contributed by atoms with Crippen LogP contribution in [0.2, 0.25) is 0 Å². The highest BCUT2D eigenvalue weighted by atomic mass is 32.2. The van der Waals surface area contributed by atoms with E-state index in [0.29, 0.717) is 0 Å². The molecule has 0 amide bonds. The van der Waals surface area contributed by atoms with Gasteiger partial charge in [0.2, 0.25) is 10.0 Å². The molecule has 142 valence electrons. The molecule has 1 heterocycles. The highest BCUT2D eigenvalue weighted by molar-refractivity contribution is 7.89. The number of nitro benzene ring substituents is 1. The van der Waals surface area contributed by atoms with Crippen LogP contribution in [0.4, 0.5) is 5.69 Å². The molecular formula is C18H18N2O6S. The van der Waals surface area contributed by atoms with Crippen molar-refractivity contribution in [2.75, 3.05) is 13.7 Å². The van der Waals surface area contributed by atoms with Crippen molar-refractivity contribution in [2.45, 2.75) is 17.4 Å². The molecule has 0 aliphatic carbocycles. The Morgan fingerprint density at radius 3 is 2.44 bits per heavy atom. The molecule has 0 N–H and O–H groups in total. The van der Waals surface area contributed by atoms with Crippen molar-refractivity contribution >= 4 is 21.8 Å². The van der Waals surface area contributed by atoms with E-state index in [-0.39, 0.29) is 17.1 Å². The molecule has 2 unspecified atom stereocenters. The van der Waals surface area contributed by atoms with Gasteiger partial charge in [-0.25, -0.2) is 8.42 Å².